The molecular weight excluding hydrogens is 246 g/mol. The minimum absolute atomic E-state index is 0.164. The molecule has 1 amide bonds. The number of ether oxygens (including phenoxy) is 1. The first-order valence-electron chi connectivity index (χ1n) is 6.38. The molecule has 0 saturated heterocycles. The Hall–Kier alpha value is -1.53. The molecule has 1 unspecified atom stereocenters. The predicted molar refractivity (Wildman–Crippen MR) is 74.1 cm³/mol. The molecule has 0 aromatic carbocycles. The number of nitrogens with zero attached hydrogens (tertiary/aromatic N) is 1. The summed E-state index contributed by atoms with van der Waals surface area (Å²) >= 11 is 0. The zero-order chi connectivity index (χ0) is 14.4. The van der Waals surface area contributed by atoms with Crippen molar-refractivity contribution in [3.8, 4) is 0 Å². The molecule has 0 saturated carbocycles. The molecule has 0 radical (unpaired) electrons. The highest BCUT2D eigenvalue weighted by Crippen LogP contribution is 2.16. The van der Waals surface area contributed by atoms with E-state index in [4.69, 9.17) is 10.5 Å². The van der Waals surface area contributed by atoms with Crippen LogP contribution in [0.4, 0.5) is 5.69 Å². The highest BCUT2D eigenvalue weighted by Gasteiger charge is 2.14. The Morgan fingerprint density at radius 2 is 2.26 bits per heavy atom. The molecule has 1 aromatic heterocycles. The van der Waals surface area contributed by atoms with Gasteiger partial charge in [0.25, 0.3) is 5.91 Å². The smallest absolute Gasteiger partial charge is 0.267 e. The number of hydrogen-bond acceptors (Lipinski definition) is 4. The average molecular weight is 269 g/mol. The fourth-order valence-electron chi connectivity index (χ4n) is 1.83. The van der Waals surface area contributed by atoms with Gasteiger partial charge in [0.15, 0.2) is 0 Å². The van der Waals surface area contributed by atoms with E-state index >= 15 is 0 Å². The number of aromatic nitrogens is 1. The molecule has 1 aromatic rings. The first-order valence-corrected chi connectivity index (χ1v) is 6.38. The lowest BCUT2D eigenvalue weighted by molar-refractivity contribution is 0.0587. The first kappa shape index (κ1) is 15.5. The van der Waals surface area contributed by atoms with Crippen LogP contribution in [0.2, 0.25) is 0 Å². The normalized spacial score (nSPS) is 12.7. The number of carbonyl (C=O) groups is 1. The van der Waals surface area contributed by atoms with Crippen molar-refractivity contribution < 1.29 is 14.6 Å². The van der Waals surface area contributed by atoms with E-state index in [-0.39, 0.29) is 18.6 Å². The van der Waals surface area contributed by atoms with Crippen LogP contribution >= 0.6 is 0 Å². The Labute approximate surface area is 113 Å². The van der Waals surface area contributed by atoms with E-state index < -0.39 is 6.10 Å². The Bertz CT molecular complexity index is 415. The van der Waals surface area contributed by atoms with Gasteiger partial charge in [-0.15, -0.1) is 0 Å². The number of hydrogen-bond donors (Lipinski definition) is 3. The number of nitrogen functional groups attached to an aromatic ring is 1. The second-order valence-corrected chi connectivity index (χ2v) is 4.81. The van der Waals surface area contributed by atoms with Crippen molar-refractivity contribution in [2.24, 2.45) is 0 Å². The molecule has 0 aliphatic heterocycles. The number of methoxy groups -OCH3 is 1. The van der Waals surface area contributed by atoms with Crippen molar-refractivity contribution in [2.75, 3.05) is 26.0 Å². The SMILES string of the molecule is COCC(O)CCNC(=O)c1cc(N)cn1C(C)C. The molecule has 6 nitrogen and oxygen atoms in total. The Morgan fingerprint density at radius 1 is 1.58 bits per heavy atom. The lowest BCUT2D eigenvalue weighted by Gasteiger charge is -2.13. The summed E-state index contributed by atoms with van der Waals surface area (Å²) < 4.78 is 6.65. The molecule has 0 fully saturated rings. The quantitative estimate of drug-likeness (QED) is 0.682. The van der Waals surface area contributed by atoms with Gasteiger partial charge in [-0.3, -0.25) is 4.79 Å². The van der Waals surface area contributed by atoms with Crippen LogP contribution in [0.15, 0.2) is 12.3 Å². The van der Waals surface area contributed by atoms with Crippen molar-refractivity contribution in [2.45, 2.75) is 32.4 Å². The van der Waals surface area contributed by atoms with Gasteiger partial charge in [-0.1, -0.05) is 0 Å². The van der Waals surface area contributed by atoms with Crippen LogP contribution in [0.1, 0.15) is 36.8 Å². The van der Waals surface area contributed by atoms with Crippen LogP contribution in [0.3, 0.4) is 0 Å². The maximum Gasteiger partial charge on any atom is 0.267 e. The zero-order valence-electron chi connectivity index (χ0n) is 11.7. The van der Waals surface area contributed by atoms with Crippen LogP contribution < -0.4 is 11.1 Å². The standard InChI is InChI=1S/C13H23N3O3/c1-9(2)16-7-10(14)6-12(16)13(18)15-5-4-11(17)8-19-3/h6-7,9,11,17H,4-5,8,14H2,1-3H3,(H,15,18). The first-order chi connectivity index (χ1) is 8.95. The zero-order valence-corrected chi connectivity index (χ0v) is 11.7. The third kappa shape index (κ3) is 4.57. The number of amides is 1. The molecule has 1 atom stereocenters. The molecule has 0 spiro atoms. The van der Waals surface area contributed by atoms with Crippen LogP contribution in [-0.2, 0) is 4.74 Å². The molecule has 0 bridgehead atoms. The minimum Gasteiger partial charge on any atom is -0.397 e. The summed E-state index contributed by atoms with van der Waals surface area (Å²) in [5.74, 6) is -0.185. The summed E-state index contributed by atoms with van der Waals surface area (Å²) in [6, 6.07) is 1.82. The topological polar surface area (TPSA) is 89.5 Å². The third-order valence-electron chi connectivity index (χ3n) is 2.78. The van der Waals surface area contributed by atoms with Gasteiger partial charge in [0.05, 0.1) is 18.4 Å². The highest BCUT2D eigenvalue weighted by atomic mass is 16.5. The van der Waals surface area contributed by atoms with Gasteiger partial charge >= 0.3 is 0 Å². The fourth-order valence-corrected chi connectivity index (χ4v) is 1.83. The van der Waals surface area contributed by atoms with E-state index in [0.29, 0.717) is 24.3 Å². The minimum atomic E-state index is -0.563. The summed E-state index contributed by atoms with van der Waals surface area (Å²) in [5.41, 5.74) is 6.82. The monoisotopic (exact) mass is 269 g/mol. The van der Waals surface area contributed by atoms with Crippen LogP contribution in [-0.4, -0.2) is 41.9 Å². The third-order valence-corrected chi connectivity index (χ3v) is 2.78. The Morgan fingerprint density at radius 3 is 2.84 bits per heavy atom. The number of nitrogens with one attached hydrogen (secondary N) is 1. The summed E-state index contributed by atoms with van der Waals surface area (Å²) in [6.07, 6.45) is 1.64. The van der Waals surface area contributed by atoms with Gasteiger partial charge in [-0.25, -0.2) is 0 Å². The van der Waals surface area contributed by atoms with E-state index in [2.05, 4.69) is 5.32 Å². The number of rotatable bonds is 7. The number of nitrogens with two attached hydrogens (primary N) is 1. The van der Waals surface area contributed by atoms with Crippen molar-refractivity contribution >= 4 is 11.6 Å². The lowest BCUT2D eigenvalue weighted by Crippen LogP contribution is -2.30. The second-order valence-electron chi connectivity index (χ2n) is 4.81. The summed E-state index contributed by atoms with van der Waals surface area (Å²) in [7, 11) is 1.53. The van der Waals surface area contributed by atoms with Crippen molar-refractivity contribution in [1.82, 2.24) is 9.88 Å². The van der Waals surface area contributed by atoms with Gasteiger partial charge < -0.3 is 25.5 Å². The summed E-state index contributed by atoms with van der Waals surface area (Å²) in [5, 5.41) is 12.2. The lowest BCUT2D eigenvalue weighted by atomic mass is 10.2. The van der Waals surface area contributed by atoms with Gasteiger partial charge in [0.2, 0.25) is 0 Å². The van der Waals surface area contributed by atoms with E-state index in [0.717, 1.165) is 0 Å². The van der Waals surface area contributed by atoms with E-state index in [1.165, 1.54) is 7.11 Å². The second kappa shape index (κ2) is 7.16. The van der Waals surface area contributed by atoms with Crippen LogP contribution in [0.5, 0.6) is 0 Å². The Balaban J connectivity index is 2.54. The molecule has 0 aliphatic rings. The molecule has 0 aliphatic carbocycles. The number of aliphatic hydroxyl groups excluding tert-OH is 1. The molecule has 4 N–H and O–H groups in total. The van der Waals surface area contributed by atoms with Gasteiger partial charge in [0, 0.05) is 25.9 Å². The fraction of sp³-hybridized carbons (Fsp3) is 0.615. The molecular formula is C13H23N3O3. The van der Waals surface area contributed by atoms with E-state index in [9.17, 15) is 9.90 Å². The van der Waals surface area contributed by atoms with Crippen molar-refractivity contribution in [3.05, 3.63) is 18.0 Å². The number of anilines is 1. The van der Waals surface area contributed by atoms with Gasteiger partial charge in [-0.05, 0) is 26.3 Å². The van der Waals surface area contributed by atoms with Crippen molar-refractivity contribution in [3.63, 3.8) is 0 Å². The molecule has 19 heavy (non-hydrogen) atoms. The van der Waals surface area contributed by atoms with E-state index in [1.807, 2.05) is 18.4 Å². The van der Waals surface area contributed by atoms with E-state index in [1.54, 1.807) is 12.3 Å². The highest BCUT2D eigenvalue weighted by molar-refractivity contribution is 5.93. The van der Waals surface area contributed by atoms with Gasteiger partial charge in [0.1, 0.15) is 5.69 Å². The molecule has 108 valence electrons. The molecule has 1 heterocycles. The molecule has 6 heteroatoms. The number of aliphatic hydroxyl groups is 1. The van der Waals surface area contributed by atoms with Gasteiger partial charge in [-0.2, -0.15) is 0 Å². The maximum absolute atomic E-state index is 12.0. The number of carbonyl (C=O) groups excluding carboxylic acids is 1. The summed E-state index contributed by atoms with van der Waals surface area (Å²) in [6.45, 7) is 4.63. The summed E-state index contributed by atoms with van der Waals surface area (Å²) in [4.78, 5) is 12.0. The largest absolute Gasteiger partial charge is 0.397 e. The molecule has 1 rings (SSSR count). The average Bonchev–Trinajstić information content (AvgIpc) is 2.72. The van der Waals surface area contributed by atoms with Crippen molar-refractivity contribution in [1.29, 1.82) is 0 Å². The Kier molecular flexibility index (Phi) is 5.85. The van der Waals surface area contributed by atoms with Crippen LogP contribution in [0.25, 0.3) is 0 Å². The maximum atomic E-state index is 12.0. The van der Waals surface area contributed by atoms with Crippen LogP contribution in [0, 0.1) is 0 Å². The predicted octanol–water partition coefficient (Wildman–Crippen LogP) is 0.778.